The van der Waals surface area contributed by atoms with Gasteiger partial charge in [-0.05, 0) is 71.1 Å². The smallest absolute Gasteiger partial charge is 0.0598 e. The zero-order valence-corrected chi connectivity index (χ0v) is 13.0. The molecule has 3 atom stereocenters. The Hall–Kier alpha value is -0.0800. The molecule has 0 aromatic carbocycles. The molecule has 2 heterocycles. The van der Waals surface area contributed by atoms with E-state index in [1.165, 1.54) is 51.5 Å². The molecule has 3 fully saturated rings. The molecule has 1 saturated carbocycles. The molecule has 0 amide bonds. The minimum absolute atomic E-state index is 0.0218. The minimum atomic E-state index is 0.0218. The molecule has 0 aromatic rings. The zero-order chi connectivity index (χ0) is 13.5. The average molecular weight is 265 g/mol. The van der Waals surface area contributed by atoms with Crippen LogP contribution in [0.15, 0.2) is 0 Å². The molecule has 0 aromatic heterocycles. The maximum Gasteiger partial charge on any atom is 0.0598 e. The highest BCUT2D eigenvalue weighted by Gasteiger charge is 2.40. The normalized spacial score (nSPS) is 33.6. The lowest BCUT2D eigenvalue weighted by Gasteiger charge is -2.37. The van der Waals surface area contributed by atoms with E-state index < -0.39 is 0 Å². The molecule has 110 valence electrons. The Morgan fingerprint density at radius 1 is 1.00 bits per heavy atom. The van der Waals surface area contributed by atoms with Crippen molar-refractivity contribution in [2.75, 3.05) is 13.2 Å². The third kappa shape index (κ3) is 3.52. The Labute approximate surface area is 118 Å². The molecule has 19 heavy (non-hydrogen) atoms. The topological polar surface area (TPSA) is 12.5 Å². The predicted octanol–water partition coefficient (Wildman–Crippen LogP) is 3.84. The molecule has 1 aliphatic carbocycles. The van der Waals surface area contributed by atoms with Crippen LogP contribution in [0, 0.1) is 11.8 Å². The van der Waals surface area contributed by atoms with E-state index in [0.29, 0.717) is 0 Å². The molecule has 0 N–H and O–H groups in total. The highest BCUT2D eigenvalue weighted by molar-refractivity contribution is 4.94. The van der Waals surface area contributed by atoms with Crippen LogP contribution in [0.1, 0.15) is 65.7 Å². The first-order valence-electron chi connectivity index (χ1n) is 8.42. The Morgan fingerprint density at radius 2 is 1.63 bits per heavy atom. The van der Waals surface area contributed by atoms with Crippen molar-refractivity contribution in [3.05, 3.63) is 0 Å². The van der Waals surface area contributed by atoms with Crippen molar-refractivity contribution in [1.29, 1.82) is 0 Å². The second-order valence-electron chi connectivity index (χ2n) is 8.03. The van der Waals surface area contributed by atoms with Crippen molar-refractivity contribution in [3.63, 3.8) is 0 Å². The number of nitrogens with zero attached hydrogens (tertiary/aromatic N) is 1. The average Bonchev–Trinajstić information content (AvgIpc) is 3.13. The lowest BCUT2D eigenvalue weighted by molar-refractivity contribution is -0.0361. The Balaban J connectivity index is 1.56. The van der Waals surface area contributed by atoms with E-state index >= 15 is 0 Å². The molecule has 2 saturated heterocycles. The summed E-state index contributed by atoms with van der Waals surface area (Å²) < 4.78 is 6.10. The molecule has 0 spiro atoms. The minimum Gasteiger partial charge on any atom is -0.376 e. The summed E-state index contributed by atoms with van der Waals surface area (Å²) in [7, 11) is 0. The Bertz CT molecular complexity index is 289. The fourth-order valence-electron chi connectivity index (χ4n) is 4.06. The van der Waals surface area contributed by atoms with E-state index in [1.54, 1.807) is 0 Å². The molecule has 3 aliphatic rings. The summed E-state index contributed by atoms with van der Waals surface area (Å²) in [6.45, 7) is 8.84. The number of piperidine rings is 1. The molecule has 2 aliphatic heterocycles. The number of rotatable bonds is 5. The maximum atomic E-state index is 6.10. The molecule has 2 bridgehead atoms. The highest BCUT2D eigenvalue weighted by atomic mass is 16.5. The molecular formula is C17H31NO. The van der Waals surface area contributed by atoms with Gasteiger partial charge in [0.15, 0.2) is 0 Å². The van der Waals surface area contributed by atoms with Crippen molar-refractivity contribution in [2.24, 2.45) is 11.8 Å². The van der Waals surface area contributed by atoms with Crippen molar-refractivity contribution in [2.45, 2.75) is 83.4 Å². The van der Waals surface area contributed by atoms with E-state index in [4.69, 9.17) is 4.74 Å². The zero-order valence-electron chi connectivity index (χ0n) is 13.0. The summed E-state index contributed by atoms with van der Waals surface area (Å²) >= 11 is 0. The van der Waals surface area contributed by atoms with Gasteiger partial charge in [0.2, 0.25) is 0 Å². The van der Waals surface area contributed by atoms with E-state index in [0.717, 1.165) is 30.5 Å². The van der Waals surface area contributed by atoms with Crippen LogP contribution in [0.2, 0.25) is 0 Å². The van der Waals surface area contributed by atoms with E-state index in [-0.39, 0.29) is 5.60 Å². The van der Waals surface area contributed by atoms with Crippen LogP contribution in [-0.4, -0.2) is 35.7 Å². The third-order valence-corrected chi connectivity index (χ3v) is 5.31. The summed E-state index contributed by atoms with van der Waals surface area (Å²) in [5, 5.41) is 0. The standard InChI is InChI=1S/C17H31NO/c1-17(2,3)19-12-14(13-7-8-13)11-18-15-5-4-6-16(18)10-9-15/h13-16H,4-12H2,1-3H3. The van der Waals surface area contributed by atoms with Crippen LogP contribution in [-0.2, 0) is 4.74 Å². The second kappa shape index (κ2) is 5.37. The predicted molar refractivity (Wildman–Crippen MR) is 79.3 cm³/mol. The SMILES string of the molecule is CC(C)(C)OCC(CN1C2CCCC1CC2)C1CC1. The molecule has 0 radical (unpaired) electrons. The van der Waals surface area contributed by atoms with Crippen LogP contribution in [0.5, 0.6) is 0 Å². The van der Waals surface area contributed by atoms with Gasteiger partial charge < -0.3 is 4.74 Å². The van der Waals surface area contributed by atoms with Gasteiger partial charge in [0.1, 0.15) is 0 Å². The van der Waals surface area contributed by atoms with Gasteiger partial charge in [-0.15, -0.1) is 0 Å². The molecule has 2 heteroatoms. The van der Waals surface area contributed by atoms with Gasteiger partial charge in [0.05, 0.1) is 12.2 Å². The summed E-state index contributed by atoms with van der Waals surface area (Å²) in [4.78, 5) is 2.86. The Kier molecular flexibility index (Phi) is 3.92. The van der Waals surface area contributed by atoms with E-state index in [2.05, 4.69) is 25.7 Å². The number of hydrogen-bond acceptors (Lipinski definition) is 2. The van der Waals surface area contributed by atoms with Gasteiger partial charge in [-0.3, -0.25) is 4.90 Å². The third-order valence-electron chi connectivity index (χ3n) is 5.31. The van der Waals surface area contributed by atoms with Crippen LogP contribution < -0.4 is 0 Å². The Morgan fingerprint density at radius 3 is 2.16 bits per heavy atom. The second-order valence-corrected chi connectivity index (χ2v) is 8.03. The van der Waals surface area contributed by atoms with Crippen LogP contribution in [0.3, 0.4) is 0 Å². The van der Waals surface area contributed by atoms with E-state index in [9.17, 15) is 0 Å². The number of hydrogen-bond donors (Lipinski definition) is 0. The largest absolute Gasteiger partial charge is 0.376 e. The maximum absolute atomic E-state index is 6.10. The van der Waals surface area contributed by atoms with Gasteiger partial charge in [-0.1, -0.05) is 6.42 Å². The summed E-state index contributed by atoms with van der Waals surface area (Å²) in [5.74, 6) is 1.75. The van der Waals surface area contributed by atoms with Gasteiger partial charge in [-0.25, -0.2) is 0 Å². The van der Waals surface area contributed by atoms with Crippen LogP contribution >= 0.6 is 0 Å². The molecule has 3 unspecified atom stereocenters. The van der Waals surface area contributed by atoms with Gasteiger partial charge in [0, 0.05) is 18.6 Å². The van der Waals surface area contributed by atoms with Crippen molar-refractivity contribution < 1.29 is 4.74 Å². The fourth-order valence-corrected chi connectivity index (χ4v) is 4.06. The van der Waals surface area contributed by atoms with Gasteiger partial charge in [-0.2, -0.15) is 0 Å². The fraction of sp³-hybridized carbons (Fsp3) is 1.00. The monoisotopic (exact) mass is 265 g/mol. The molecule has 2 nitrogen and oxygen atoms in total. The van der Waals surface area contributed by atoms with Crippen molar-refractivity contribution in [1.82, 2.24) is 4.90 Å². The van der Waals surface area contributed by atoms with Gasteiger partial charge >= 0.3 is 0 Å². The summed E-state index contributed by atoms with van der Waals surface area (Å²) in [6, 6.07) is 1.82. The lowest BCUT2D eigenvalue weighted by atomic mass is 9.98. The van der Waals surface area contributed by atoms with Crippen LogP contribution in [0.25, 0.3) is 0 Å². The first-order valence-corrected chi connectivity index (χ1v) is 8.42. The number of ether oxygens (including phenoxy) is 1. The first-order chi connectivity index (χ1) is 9.03. The first kappa shape index (κ1) is 13.9. The van der Waals surface area contributed by atoms with Gasteiger partial charge in [0.25, 0.3) is 0 Å². The van der Waals surface area contributed by atoms with Crippen molar-refractivity contribution in [3.8, 4) is 0 Å². The lowest BCUT2D eigenvalue weighted by Crippen LogP contribution is -2.44. The molecular weight excluding hydrogens is 234 g/mol. The number of fused-ring (bicyclic) bond motifs is 2. The van der Waals surface area contributed by atoms with Crippen molar-refractivity contribution >= 4 is 0 Å². The quantitative estimate of drug-likeness (QED) is 0.749. The summed E-state index contributed by atoms with van der Waals surface area (Å²) in [5.41, 5.74) is 0.0218. The highest BCUT2D eigenvalue weighted by Crippen LogP contribution is 2.41. The molecule has 3 rings (SSSR count). The van der Waals surface area contributed by atoms with E-state index in [1.807, 2.05) is 0 Å². The van der Waals surface area contributed by atoms with Crippen LogP contribution in [0.4, 0.5) is 0 Å². The summed E-state index contributed by atoms with van der Waals surface area (Å²) in [6.07, 6.45) is 10.2.